The molecule has 0 aliphatic carbocycles. The van der Waals surface area contributed by atoms with Gasteiger partial charge in [0.1, 0.15) is 18.1 Å². The van der Waals surface area contributed by atoms with E-state index in [-0.39, 0.29) is 18.2 Å². The molecule has 15 heteroatoms. The maximum atomic E-state index is 13.5. The van der Waals surface area contributed by atoms with Gasteiger partial charge in [0.15, 0.2) is 11.9 Å². The molecule has 1 atom stereocenters. The van der Waals surface area contributed by atoms with Crippen LogP contribution in [0.4, 0.5) is 23.8 Å². The van der Waals surface area contributed by atoms with Crippen molar-refractivity contribution in [3.05, 3.63) is 29.8 Å². The second kappa shape index (κ2) is 13.0. The van der Waals surface area contributed by atoms with Crippen LogP contribution in [0, 0.1) is 12.3 Å². The summed E-state index contributed by atoms with van der Waals surface area (Å²) in [5, 5.41) is 15.0. The number of carbonyl (C=O) groups excluding carboxylic acids is 1. The molecule has 1 unspecified atom stereocenters. The molecular formula is C32H46F3N7O4Si. The molecule has 2 fully saturated rings. The molecule has 0 radical (unpaired) electrons. The molecule has 1 amide bonds. The Hall–Kier alpha value is -3.30. The fourth-order valence-electron chi connectivity index (χ4n) is 6.07. The van der Waals surface area contributed by atoms with Crippen molar-refractivity contribution in [1.82, 2.24) is 29.6 Å². The van der Waals surface area contributed by atoms with Crippen LogP contribution in [0.1, 0.15) is 57.5 Å². The van der Waals surface area contributed by atoms with Gasteiger partial charge in [0.25, 0.3) is 0 Å². The van der Waals surface area contributed by atoms with Crippen LogP contribution in [0.25, 0.3) is 22.3 Å². The molecule has 0 aromatic carbocycles. The van der Waals surface area contributed by atoms with Crippen molar-refractivity contribution in [2.24, 2.45) is 5.41 Å². The third-order valence-corrected chi connectivity index (χ3v) is 10.5. The number of anilines is 1. The van der Waals surface area contributed by atoms with E-state index in [4.69, 9.17) is 14.5 Å². The fourth-order valence-corrected chi connectivity index (χ4v) is 6.83. The number of ether oxygens (including phenoxy) is 2. The van der Waals surface area contributed by atoms with Crippen LogP contribution in [0.3, 0.4) is 0 Å². The first kappa shape index (κ1) is 35.0. The van der Waals surface area contributed by atoms with Gasteiger partial charge in [-0.05, 0) is 64.5 Å². The number of hydrogen-bond donors (Lipinski definition) is 1. The van der Waals surface area contributed by atoms with E-state index in [0.29, 0.717) is 66.6 Å². The molecule has 1 spiro atoms. The summed E-state index contributed by atoms with van der Waals surface area (Å²) in [4.78, 5) is 30.1. The molecule has 5 rings (SSSR count). The Labute approximate surface area is 274 Å². The standard InChI is InChI=1S/C32H46F3N7O4Si/c1-21-23(18-42(39-21)20-45-14-15-47(5,6)7)27-37-25-17-36-24(26(43)32(33,34)35)16-22(25)28(38-27)40-11-8-31(9-12-40)10-13-41(19-31)29(44)46-30(2,3)4/h16-18,26,43H,8-15,19-20H2,1-7H3. The monoisotopic (exact) mass is 677 g/mol. The number of aromatic nitrogens is 5. The van der Waals surface area contributed by atoms with Gasteiger partial charge in [-0.3, -0.25) is 4.98 Å². The second-order valence-electron chi connectivity index (χ2n) is 15.1. The first-order valence-corrected chi connectivity index (χ1v) is 19.8. The smallest absolute Gasteiger partial charge is 0.420 e. The predicted molar refractivity (Wildman–Crippen MR) is 175 cm³/mol. The van der Waals surface area contributed by atoms with Crippen LogP contribution in [-0.4, -0.2) is 93.5 Å². The molecule has 2 saturated heterocycles. The highest BCUT2D eigenvalue weighted by molar-refractivity contribution is 6.76. The van der Waals surface area contributed by atoms with E-state index < -0.39 is 31.6 Å². The number of nitrogens with zero attached hydrogens (tertiary/aromatic N) is 7. The van der Waals surface area contributed by atoms with Crippen LogP contribution < -0.4 is 4.90 Å². The minimum absolute atomic E-state index is 0.0779. The van der Waals surface area contributed by atoms with Crippen molar-refractivity contribution < 1.29 is 32.5 Å². The van der Waals surface area contributed by atoms with Crippen molar-refractivity contribution in [3.63, 3.8) is 0 Å². The maximum absolute atomic E-state index is 13.5. The Bertz CT molecular complexity index is 1590. The molecule has 3 aromatic heterocycles. The number of halogens is 3. The van der Waals surface area contributed by atoms with Gasteiger partial charge < -0.3 is 24.4 Å². The Morgan fingerprint density at radius 3 is 2.43 bits per heavy atom. The largest absolute Gasteiger partial charge is 0.444 e. The number of rotatable bonds is 8. The minimum atomic E-state index is -4.87. The summed E-state index contributed by atoms with van der Waals surface area (Å²) in [7, 11) is -1.24. The molecule has 3 aromatic rings. The molecule has 258 valence electrons. The van der Waals surface area contributed by atoms with Crippen molar-refractivity contribution >= 4 is 30.9 Å². The lowest BCUT2D eigenvalue weighted by Gasteiger charge is -2.40. The van der Waals surface area contributed by atoms with Crippen molar-refractivity contribution in [3.8, 4) is 11.4 Å². The number of hydrogen-bond acceptors (Lipinski definition) is 9. The fraction of sp³-hybridized carbons (Fsp3) is 0.656. The number of aliphatic hydroxyl groups is 1. The van der Waals surface area contributed by atoms with Gasteiger partial charge in [0.2, 0.25) is 0 Å². The van der Waals surface area contributed by atoms with Gasteiger partial charge in [-0.1, -0.05) is 19.6 Å². The highest BCUT2D eigenvalue weighted by Crippen LogP contribution is 2.43. The van der Waals surface area contributed by atoms with E-state index in [1.807, 2.05) is 33.9 Å². The summed E-state index contributed by atoms with van der Waals surface area (Å²) >= 11 is 0. The molecule has 0 bridgehead atoms. The van der Waals surface area contributed by atoms with Gasteiger partial charge in [-0.15, -0.1) is 0 Å². The maximum Gasteiger partial charge on any atom is 0.420 e. The van der Waals surface area contributed by atoms with E-state index >= 15 is 0 Å². The number of aliphatic hydroxyl groups excluding tert-OH is 1. The van der Waals surface area contributed by atoms with E-state index in [1.54, 1.807) is 9.58 Å². The quantitative estimate of drug-likeness (QED) is 0.216. The number of pyridine rings is 1. The summed E-state index contributed by atoms with van der Waals surface area (Å²) in [5.41, 5.74) is 0.556. The van der Waals surface area contributed by atoms with Gasteiger partial charge >= 0.3 is 12.3 Å². The van der Waals surface area contributed by atoms with Crippen molar-refractivity contribution in [2.45, 2.75) is 97.3 Å². The van der Waals surface area contributed by atoms with E-state index in [1.165, 1.54) is 12.3 Å². The minimum Gasteiger partial charge on any atom is -0.444 e. The zero-order chi connectivity index (χ0) is 34.4. The van der Waals surface area contributed by atoms with Gasteiger partial charge in [-0.25, -0.2) is 19.4 Å². The normalized spacial score (nSPS) is 17.9. The van der Waals surface area contributed by atoms with Crippen LogP contribution in [0.2, 0.25) is 25.7 Å². The molecule has 11 nitrogen and oxygen atoms in total. The Kier molecular flexibility index (Phi) is 9.65. The van der Waals surface area contributed by atoms with Gasteiger partial charge in [0, 0.05) is 52.4 Å². The van der Waals surface area contributed by atoms with E-state index in [2.05, 4.69) is 39.6 Å². The number of alkyl halides is 3. The summed E-state index contributed by atoms with van der Waals surface area (Å²) in [6.45, 7) is 17.5. The summed E-state index contributed by atoms with van der Waals surface area (Å²) in [6, 6.07) is 2.27. The number of amides is 1. The number of fused-ring (bicyclic) bond motifs is 1. The second-order valence-corrected chi connectivity index (χ2v) is 20.7. The van der Waals surface area contributed by atoms with Gasteiger partial charge in [-0.2, -0.15) is 18.3 Å². The summed E-state index contributed by atoms with van der Waals surface area (Å²) in [6.07, 6.45) is -2.46. The number of likely N-dealkylation sites (tertiary alicyclic amines) is 1. The lowest BCUT2D eigenvalue weighted by atomic mass is 9.78. The lowest BCUT2D eigenvalue weighted by Crippen LogP contribution is -2.43. The SMILES string of the molecule is Cc1nn(COCC[Si](C)(C)C)cc1-c1nc(N2CCC3(CCN(C(=O)OC(C)(C)C)C3)CC2)c2cc(C(O)C(F)(F)F)ncc2n1. The molecule has 2 aliphatic rings. The molecule has 47 heavy (non-hydrogen) atoms. The number of aryl methyl sites for hydroxylation is 1. The summed E-state index contributed by atoms with van der Waals surface area (Å²) in [5.74, 6) is 0.847. The lowest BCUT2D eigenvalue weighted by molar-refractivity contribution is -0.207. The molecular weight excluding hydrogens is 631 g/mol. The third kappa shape index (κ3) is 8.41. The first-order valence-electron chi connectivity index (χ1n) is 16.1. The predicted octanol–water partition coefficient (Wildman–Crippen LogP) is 6.33. The highest BCUT2D eigenvalue weighted by atomic mass is 28.3. The first-order chi connectivity index (χ1) is 21.8. The zero-order valence-electron chi connectivity index (χ0n) is 28.3. The van der Waals surface area contributed by atoms with E-state index in [9.17, 15) is 23.1 Å². The van der Waals surface area contributed by atoms with Crippen LogP contribution in [0.5, 0.6) is 0 Å². The molecule has 1 N–H and O–H groups in total. The molecule has 2 aliphatic heterocycles. The Morgan fingerprint density at radius 1 is 1.11 bits per heavy atom. The number of piperidine rings is 1. The van der Waals surface area contributed by atoms with Gasteiger partial charge in [0.05, 0.1) is 28.7 Å². The number of carbonyl (C=O) groups is 1. The molecule has 5 heterocycles. The van der Waals surface area contributed by atoms with Crippen LogP contribution in [0.15, 0.2) is 18.5 Å². The van der Waals surface area contributed by atoms with E-state index in [0.717, 1.165) is 25.3 Å². The molecule has 0 saturated carbocycles. The summed E-state index contributed by atoms with van der Waals surface area (Å²) < 4.78 is 53.5. The van der Waals surface area contributed by atoms with Crippen LogP contribution >= 0.6 is 0 Å². The zero-order valence-corrected chi connectivity index (χ0v) is 29.3. The average Bonchev–Trinajstić information content (AvgIpc) is 3.56. The Morgan fingerprint density at radius 2 is 1.79 bits per heavy atom. The van der Waals surface area contributed by atoms with Crippen molar-refractivity contribution in [1.29, 1.82) is 0 Å². The van der Waals surface area contributed by atoms with Crippen molar-refractivity contribution in [2.75, 3.05) is 37.7 Å². The van der Waals surface area contributed by atoms with Crippen LogP contribution in [-0.2, 0) is 16.2 Å². The Balaban J connectivity index is 1.42. The average molecular weight is 678 g/mol. The topological polar surface area (TPSA) is 119 Å². The third-order valence-electron chi connectivity index (χ3n) is 8.79. The highest BCUT2D eigenvalue weighted by Gasteiger charge is 2.44.